The summed E-state index contributed by atoms with van der Waals surface area (Å²) in [5.74, 6) is 0.275. The van der Waals surface area contributed by atoms with E-state index >= 15 is 0 Å². The van der Waals surface area contributed by atoms with Gasteiger partial charge in [0.25, 0.3) is 0 Å². The van der Waals surface area contributed by atoms with E-state index in [0.29, 0.717) is 12.2 Å². The number of ether oxygens (including phenoxy) is 1. The van der Waals surface area contributed by atoms with Gasteiger partial charge in [-0.3, -0.25) is 9.59 Å². The number of benzene rings is 2. The third-order valence-corrected chi connectivity index (χ3v) is 5.11. The van der Waals surface area contributed by atoms with Crippen LogP contribution in [0.1, 0.15) is 26.3 Å². The number of carbonyl (C=O) groups excluding carboxylic acids is 2. The van der Waals surface area contributed by atoms with Crippen molar-refractivity contribution in [2.75, 3.05) is 17.6 Å². The predicted molar refractivity (Wildman–Crippen MR) is 116 cm³/mol. The minimum atomic E-state index is -0.359. The highest BCUT2D eigenvalue weighted by Crippen LogP contribution is 2.15. The van der Waals surface area contributed by atoms with Crippen LogP contribution in [0.25, 0.3) is 0 Å². The molecule has 0 spiro atoms. The summed E-state index contributed by atoms with van der Waals surface area (Å²) >= 11 is 1.25. The van der Waals surface area contributed by atoms with E-state index in [2.05, 4.69) is 10.6 Å². The number of hydrogen-bond donors (Lipinski definition) is 2. The minimum Gasteiger partial charge on any atom is -0.491 e. The Labute approximate surface area is 175 Å². The normalized spacial score (nSPS) is 11.8. The zero-order valence-electron chi connectivity index (χ0n) is 16.9. The van der Waals surface area contributed by atoms with Crippen molar-refractivity contribution in [2.45, 2.75) is 38.5 Å². The van der Waals surface area contributed by atoms with E-state index < -0.39 is 0 Å². The molecule has 29 heavy (non-hydrogen) atoms. The molecular weight excluding hydrogens is 391 g/mol. The lowest BCUT2D eigenvalue weighted by Crippen LogP contribution is -2.33. The highest BCUT2D eigenvalue weighted by Gasteiger charge is 2.15. The average molecular weight is 419 g/mol. The molecule has 0 radical (unpaired) electrons. The molecule has 0 bridgehead atoms. The summed E-state index contributed by atoms with van der Waals surface area (Å²) < 4.78 is 18.5. The molecule has 0 aliphatic carbocycles. The van der Waals surface area contributed by atoms with Crippen LogP contribution < -0.4 is 15.4 Å². The van der Waals surface area contributed by atoms with E-state index in [1.54, 1.807) is 6.92 Å². The topological polar surface area (TPSA) is 67.4 Å². The first-order valence-corrected chi connectivity index (χ1v) is 10.6. The van der Waals surface area contributed by atoms with Crippen LogP contribution in [0.3, 0.4) is 0 Å². The molecule has 0 aliphatic rings. The highest BCUT2D eigenvalue weighted by atomic mass is 32.2. The van der Waals surface area contributed by atoms with Crippen molar-refractivity contribution in [3.63, 3.8) is 0 Å². The number of thioether (sulfide) groups is 1. The molecule has 0 saturated carbocycles. The van der Waals surface area contributed by atoms with Crippen LogP contribution in [0.5, 0.6) is 5.75 Å². The predicted octanol–water partition coefficient (Wildman–Crippen LogP) is 4.03. The number of hydrogen-bond acceptors (Lipinski definition) is 4. The Bertz CT molecular complexity index is 795. The lowest BCUT2D eigenvalue weighted by atomic mass is 10.1. The smallest absolute Gasteiger partial charge is 0.234 e. The SMILES string of the molecule is CC(C)Oc1ccc(CCNC(=O)C(C)SCC(=O)Nc2ccc(F)cc2)cc1. The van der Waals surface area contributed by atoms with Crippen molar-refractivity contribution in [1.29, 1.82) is 0 Å². The number of rotatable bonds is 10. The third kappa shape index (κ3) is 8.56. The molecule has 156 valence electrons. The van der Waals surface area contributed by atoms with Crippen molar-refractivity contribution >= 4 is 29.3 Å². The second-order valence-electron chi connectivity index (χ2n) is 6.86. The first kappa shape index (κ1) is 22.7. The molecule has 0 saturated heterocycles. The average Bonchev–Trinajstić information content (AvgIpc) is 2.68. The van der Waals surface area contributed by atoms with Gasteiger partial charge in [0.05, 0.1) is 17.1 Å². The Morgan fingerprint density at radius 3 is 2.31 bits per heavy atom. The van der Waals surface area contributed by atoms with Gasteiger partial charge in [-0.2, -0.15) is 0 Å². The lowest BCUT2D eigenvalue weighted by molar-refractivity contribution is -0.120. The molecule has 0 aliphatic heterocycles. The number of anilines is 1. The van der Waals surface area contributed by atoms with Gasteiger partial charge in [0.2, 0.25) is 11.8 Å². The molecule has 1 atom stereocenters. The third-order valence-electron chi connectivity index (χ3n) is 3.97. The Kier molecular flexibility index (Phi) is 8.99. The van der Waals surface area contributed by atoms with Gasteiger partial charge in [-0.25, -0.2) is 4.39 Å². The number of amides is 2. The van der Waals surface area contributed by atoms with Gasteiger partial charge in [-0.1, -0.05) is 12.1 Å². The van der Waals surface area contributed by atoms with Crippen molar-refractivity contribution in [2.24, 2.45) is 0 Å². The van der Waals surface area contributed by atoms with Gasteiger partial charge in [-0.15, -0.1) is 11.8 Å². The van der Waals surface area contributed by atoms with E-state index in [1.807, 2.05) is 38.1 Å². The molecule has 2 N–H and O–H groups in total. The zero-order valence-corrected chi connectivity index (χ0v) is 17.7. The van der Waals surface area contributed by atoms with E-state index in [1.165, 1.54) is 36.0 Å². The maximum absolute atomic E-state index is 12.9. The highest BCUT2D eigenvalue weighted by molar-refractivity contribution is 8.01. The molecule has 2 aromatic carbocycles. The van der Waals surface area contributed by atoms with Crippen molar-refractivity contribution in [3.8, 4) is 5.75 Å². The summed E-state index contributed by atoms with van der Waals surface area (Å²) in [6, 6.07) is 13.4. The van der Waals surface area contributed by atoms with Crippen LogP contribution in [-0.2, 0) is 16.0 Å². The second-order valence-corrected chi connectivity index (χ2v) is 8.19. The van der Waals surface area contributed by atoms with Crippen LogP contribution in [0.4, 0.5) is 10.1 Å². The molecule has 0 heterocycles. The van der Waals surface area contributed by atoms with E-state index in [0.717, 1.165) is 17.7 Å². The quantitative estimate of drug-likeness (QED) is 0.611. The van der Waals surface area contributed by atoms with Crippen LogP contribution in [0, 0.1) is 5.82 Å². The Balaban J connectivity index is 1.66. The fourth-order valence-electron chi connectivity index (χ4n) is 2.49. The van der Waals surface area contributed by atoms with Crippen LogP contribution in [0.15, 0.2) is 48.5 Å². The first-order valence-electron chi connectivity index (χ1n) is 9.54. The lowest BCUT2D eigenvalue weighted by Gasteiger charge is -2.13. The van der Waals surface area contributed by atoms with Gasteiger partial charge in [-0.05, 0) is 69.2 Å². The fourth-order valence-corrected chi connectivity index (χ4v) is 3.20. The number of halogens is 1. The molecular formula is C22H27FN2O3S. The van der Waals surface area contributed by atoms with Crippen LogP contribution in [0.2, 0.25) is 0 Å². The Morgan fingerprint density at radius 1 is 1.03 bits per heavy atom. The van der Waals surface area contributed by atoms with Crippen LogP contribution >= 0.6 is 11.8 Å². The summed E-state index contributed by atoms with van der Waals surface area (Å²) in [5, 5.41) is 5.22. The molecule has 2 aromatic rings. The molecule has 1 unspecified atom stereocenters. The largest absolute Gasteiger partial charge is 0.491 e. The Morgan fingerprint density at radius 2 is 1.69 bits per heavy atom. The molecule has 2 amide bonds. The van der Waals surface area contributed by atoms with Crippen molar-refractivity contribution in [3.05, 3.63) is 59.9 Å². The van der Waals surface area contributed by atoms with Gasteiger partial charge >= 0.3 is 0 Å². The van der Waals surface area contributed by atoms with Gasteiger partial charge in [0.1, 0.15) is 11.6 Å². The van der Waals surface area contributed by atoms with Gasteiger partial charge < -0.3 is 15.4 Å². The van der Waals surface area contributed by atoms with Crippen molar-refractivity contribution < 1.29 is 18.7 Å². The fraction of sp³-hybridized carbons (Fsp3) is 0.364. The van der Waals surface area contributed by atoms with E-state index in [4.69, 9.17) is 4.74 Å². The second kappa shape index (κ2) is 11.5. The van der Waals surface area contributed by atoms with E-state index in [9.17, 15) is 14.0 Å². The molecule has 2 rings (SSSR count). The number of carbonyl (C=O) groups is 2. The molecule has 7 heteroatoms. The summed E-state index contributed by atoms with van der Waals surface area (Å²) in [4.78, 5) is 24.1. The van der Waals surface area contributed by atoms with Crippen molar-refractivity contribution in [1.82, 2.24) is 5.32 Å². The summed E-state index contributed by atoms with van der Waals surface area (Å²) in [7, 11) is 0. The first-order chi connectivity index (χ1) is 13.8. The van der Waals surface area contributed by atoms with E-state index in [-0.39, 0.29) is 34.7 Å². The maximum atomic E-state index is 12.9. The monoisotopic (exact) mass is 418 g/mol. The van der Waals surface area contributed by atoms with Crippen LogP contribution in [-0.4, -0.2) is 35.5 Å². The number of nitrogens with one attached hydrogen (secondary N) is 2. The standard InChI is InChI=1S/C22H27FN2O3S/c1-15(2)28-20-10-4-17(5-11-20)12-13-24-22(27)16(3)29-14-21(26)25-19-8-6-18(23)7-9-19/h4-11,15-16H,12-14H2,1-3H3,(H,24,27)(H,25,26). The minimum absolute atomic E-state index is 0.107. The summed E-state index contributed by atoms with van der Waals surface area (Å²) in [6.45, 7) is 6.25. The van der Waals surface area contributed by atoms with Gasteiger partial charge in [0, 0.05) is 12.2 Å². The summed E-state index contributed by atoms with van der Waals surface area (Å²) in [5.41, 5.74) is 1.64. The Hall–Kier alpha value is -2.54. The molecule has 5 nitrogen and oxygen atoms in total. The zero-order chi connectivity index (χ0) is 21.2. The molecule has 0 fully saturated rings. The molecule has 0 aromatic heterocycles. The maximum Gasteiger partial charge on any atom is 0.234 e. The van der Waals surface area contributed by atoms with Gasteiger partial charge in [0.15, 0.2) is 0 Å². The summed E-state index contributed by atoms with van der Waals surface area (Å²) in [6.07, 6.45) is 0.854.